The third-order valence-corrected chi connectivity index (χ3v) is 5.85. The zero-order chi connectivity index (χ0) is 21.3. The summed E-state index contributed by atoms with van der Waals surface area (Å²) in [6.07, 6.45) is 0.480. The highest BCUT2D eigenvalue weighted by Gasteiger charge is 2.51. The van der Waals surface area contributed by atoms with Crippen molar-refractivity contribution in [3.63, 3.8) is 0 Å². The highest BCUT2D eigenvalue weighted by atomic mass is 35.5. The number of ketones is 1. The molecule has 7 heteroatoms. The van der Waals surface area contributed by atoms with Crippen molar-refractivity contribution in [2.24, 2.45) is 22.7 Å². The van der Waals surface area contributed by atoms with Crippen LogP contribution in [0.25, 0.3) is 0 Å². The van der Waals surface area contributed by atoms with E-state index in [0.29, 0.717) is 28.4 Å². The number of ether oxygens (including phenoxy) is 2. The first-order chi connectivity index (χ1) is 13.8. The van der Waals surface area contributed by atoms with Gasteiger partial charge in [-0.15, -0.1) is 0 Å². The molecule has 0 unspecified atom stereocenters. The number of esters is 2. The van der Waals surface area contributed by atoms with Crippen molar-refractivity contribution < 1.29 is 23.9 Å². The Bertz CT molecular complexity index is 902. The van der Waals surface area contributed by atoms with Crippen molar-refractivity contribution in [1.29, 1.82) is 0 Å². The smallest absolute Gasteiger partial charge is 0.336 e. The van der Waals surface area contributed by atoms with E-state index >= 15 is 0 Å². The van der Waals surface area contributed by atoms with Gasteiger partial charge in [0, 0.05) is 22.3 Å². The Kier molecular flexibility index (Phi) is 6.22. The molecule has 1 saturated carbocycles. The van der Waals surface area contributed by atoms with Gasteiger partial charge < -0.3 is 9.47 Å². The van der Waals surface area contributed by atoms with Crippen molar-refractivity contribution in [2.45, 2.75) is 33.1 Å². The molecule has 0 aromatic heterocycles. The second kappa shape index (κ2) is 8.49. The van der Waals surface area contributed by atoms with Gasteiger partial charge in [-0.3, -0.25) is 14.6 Å². The molecule has 0 N–H and O–H groups in total. The third kappa shape index (κ3) is 3.86. The predicted octanol–water partition coefficient (Wildman–Crippen LogP) is 3.73. The summed E-state index contributed by atoms with van der Waals surface area (Å²) in [6, 6.07) is 7.02. The van der Waals surface area contributed by atoms with Crippen LogP contribution in [0.15, 0.2) is 40.5 Å². The monoisotopic (exact) mass is 417 g/mol. The quantitative estimate of drug-likeness (QED) is 0.550. The lowest BCUT2D eigenvalue weighted by molar-refractivity contribution is -0.152. The zero-order valence-corrected chi connectivity index (χ0v) is 17.7. The van der Waals surface area contributed by atoms with Gasteiger partial charge in [0.25, 0.3) is 0 Å². The fourth-order valence-electron chi connectivity index (χ4n) is 4.34. The van der Waals surface area contributed by atoms with Crippen LogP contribution < -0.4 is 0 Å². The summed E-state index contributed by atoms with van der Waals surface area (Å²) in [7, 11) is 1.28. The molecule has 6 nitrogen and oxygen atoms in total. The molecule has 1 heterocycles. The van der Waals surface area contributed by atoms with Gasteiger partial charge in [-0.05, 0) is 43.9 Å². The molecule has 0 spiro atoms. The number of allylic oxidation sites excluding steroid dienone is 1. The number of nitrogens with zero attached hydrogens (tertiary/aromatic N) is 1. The summed E-state index contributed by atoms with van der Waals surface area (Å²) >= 11 is 6.04. The Labute approximate surface area is 174 Å². The number of hydrogen-bond donors (Lipinski definition) is 0. The van der Waals surface area contributed by atoms with Crippen LogP contribution in [-0.4, -0.2) is 37.2 Å². The first-order valence-corrected chi connectivity index (χ1v) is 10.00. The Morgan fingerprint density at radius 1 is 1.21 bits per heavy atom. The Balaban J connectivity index is 2.17. The predicted molar refractivity (Wildman–Crippen MR) is 109 cm³/mol. The van der Waals surface area contributed by atoms with E-state index in [0.717, 1.165) is 5.56 Å². The minimum atomic E-state index is -0.888. The lowest BCUT2D eigenvalue weighted by atomic mass is 9.64. The van der Waals surface area contributed by atoms with Crippen molar-refractivity contribution >= 4 is 35.0 Å². The van der Waals surface area contributed by atoms with Crippen LogP contribution in [0.2, 0.25) is 5.02 Å². The van der Waals surface area contributed by atoms with Crippen molar-refractivity contribution in [3.05, 3.63) is 46.1 Å². The summed E-state index contributed by atoms with van der Waals surface area (Å²) in [4.78, 5) is 43.2. The van der Waals surface area contributed by atoms with Crippen molar-refractivity contribution in [3.8, 4) is 0 Å². The largest absolute Gasteiger partial charge is 0.468 e. The molecule has 1 aliphatic heterocycles. The minimum absolute atomic E-state index is 0.208. The number of aliphatic imine (C=N–C) groups is 1. The minimum Gasteiger partial charge on any atom is -0.468 e. The van der Waals surface area contributed by atoms with Crippen LogP contribution >= 0.6 is 11.6 Å². The van der Waals surface area contributed by atoms with Crippen LogP contribution in [0.5, 0.6) is 0 Å². The average Bonchev–Trinajstić information content (AvgIpc) is 2.67. The molecule has 2 aliphatic rings. The lowest BCUT2D eigenvalue weighted by Gasteiger charge is -2.40. The molecule has 1 fully saturated rings. The Morgan fingerprint density at radius 3 is 2.45 bits per heavy atom. The molecule has 1 aromatic carbocycles. The van der Waals surface area contributed by atoms with E-state index in [1.54, 1.807) is 38.1 Å². The van der Waals surface area contributed by atoms with Crippen LogP contribution in [0.3, 0.4) is 0 Å². The van der Waals surface area contributed by atoms with Gasteiger partial charge in [0.2, 0.25) is 0 Å². The number of methoxy groups -OCH3 is 1. The number of hydrogen-bond acceptors (Lipinski definition) is 6. The molecular weight excluding hydrogens is 394 g/mol. The summed E-state index contributed by atoms with van der Waals surface area (Å²) in [5, 5.41) is 0.549. The van der Waals surface area contributed by atoms with Crippen LogP contribution in [-0.2, 0) is 23.9 Å². The molecular formula is C22H24ClNO5. The second-order valence-corrected chi connectivity index (χ2v) is 7.85. The zero-order valence-electron chi connectivity index (χ0n) is 16.9. The molecule has 1 aliphatic carbocycles. The van der Waals surface area contributed by atoms with Gasteiger partial charge in [0.15, 0.2) is 5.78 Å². The summed E-state index contributed by atoms with van der Waals surface area (Å²) in [5.41, 5.74) is 2.31. The van der Waals surface area contributed by atoms with E-state index in [9.17, 15) is 14.4 Å². The normalized spacial score (nSPS) is 26.5. The Hall–Kier alpha value is -2.47. The van der Waals surface area contributed by atoms with E-state index in [2.05, 4.69) is 4.99 Å². The number of fused-ring (bicyclic) bond motifs is 1. The molecule has 4 atom stereocenters. The van der Waals surface area contributed by atoms with Gasteiger partial charge in [0.05, 0.1) is 25.2 Å². The van der Waals surface area contributed by atoms with Crippen LogP contribution in [0.1, 0.15) is 38.7 Å². The van der Waals surface area contributed by atoms with Gasteiger partial charge in [-0.2, -0.15) is 0 Å². The Morgan fingerprint density at radius 2 is 1.86 bits per heavy atom. The summed E-state index contributed by atoms with van der Waals surface area (Å²) in [5.74, 6) is -3.77. The average molecular weight is 418 g/mol. The molecule has 1 aromatic rings. The van der Waals surface area contributed by atoms with E-state index in [1.165, 1.54) is 7.11 Å². The number of carbonyl (C=O) groups is 3. The topological polar surface area (TPSA) is 82.0 Å². The van der Waals surface area contributed by atoms with E-state index in [-0.39, 0.29) is 18.3 Å². The number of benzene rings is 1. The fourth-order valence-corrected chi connectivity index (χ4v) is 4.47. The number of Topliss-reactive ketones (excluding diaryl/α,β-unsaturated/α-hetero) is 1. The van der Waals surface area contributed by atoms with Gasteiger partial charge in [0.1, 0.15) is 5.92 Å². The van der Waals surface area contributed by atoms with Crippen LogP contribution in [0, 0.1) is 17.8 Å². The van der Waals surface area contributed by atoms with E-state index in [4.69, 9.17) is 21.1 Å². The van der Waals surface area contributed by atoms with E-state index in [1.807, 2.05) is 6.92 Å². The van der Waals surface area contributed by atoms with E-state index < -0.39 is 29.7 Å². The molecule has 154 valence electrons. The maximum Gasteiger partial charge on any atom is 0.336 e. The van der Waals surface area contributed by atoms with Gasteiger partial charge in [-0.25, -0.2) is 4.79 Å². The van der Waals surface area contributed by atoms with Gasteiger partial charge in [-0.1, -0.05) is 30.7 Å². The maximum absolute atomic E-state index is 13.5. The number of carbonyl (C=O) groups excluding carboxylic acids is 3. The fraction of sp³-hybridized carbons (Fsp3) is 0.455. The summed E-state index contributed by atoms with van der Waals surface area (Å²) < 4.78 is 10.1. The first kappa shape index (κ1) is 21.2. The molecule has 29 heavy (non-hydrogen) atoms. The standard InChI is InChI=1S/C22H24ClNO5/c1-5-29-22(27)17-12(3)24-15-10-11(2)16(21(26)28-4)20(25)19(15)18(17)13-6-8-14(23)9-7-13/h6-9,11,16,18-19H,5,10H2,1-4H3/t11-,16+,18-,19+/m1/s1. The number of rotatable bonds is 4. The summed E-state index contributed by atoms with van der Waals surface area (Å²) in [6.45, 7) is 5.53. The van der Waals surface area contributed by atoms with Crippen molar-refractivity contribution in [2.75, 3.05) is 13.7 Å². The van der Waals surface area contributed by atoms with Crippen LogP contribution in [0.4, 0.5) is 0 Å². The highest BCUT2D eigenvalue weighted by molar-refractivity contribution is 6.30. The molecule has 0 bridgehead atoms. The van der Waals surface area contributed by atoms with Gasteiger partial charge >= 0.3 is 11.9 Å². The molecule has 0 radical (unpaired) electrons. The third-order valence-electron chi connectivity index (χ3n) is 5.60. The second-order valence-electron chi connectivity index (χ2n) is 7.41. The first-order valence-electron chi connectivity index (χ1n) is 9.62. The number of halogens is 1. The maximum atomic E-state index is 13.5. The SMILES string of the molecule is CCOC(=O)C1=C(C)N=C2C[C@@H](C)[C@H](C(=O)OC)C(=O)[C@@H]2[C@@H]1c1ccc(Cl)cc1. The lowest BCUT2D eigenvalue weighted by Crippen LogP contribution is -2.48. The molecule has 3 rings (SSSR count). The molecule has 0 saturated heterocycles. The molecule has 0 amide bonds. The van der Waals surface area contributed by atoms with Crippen molar-refractivity contribution in [1.82, 2.24) is 0 Å². The highest BCUT2D eigenvalue weighted by Crippen LogP contribution is 2.45.